The quantitative estimate of drug-likeness (QED) is 0.596. The smallest absolute Gasteiger partial charge is 0.269 e. The average Bonchev–Trinajstić information content (AvgIpc) is 1.14. The average molecular weight is 174 g/mol. The zero-order valence-electron chi connectivity index (χ0n) is 5.99. The molecule has 0 aliphatic carbocycles. The van der Waals surface area contributed by atoms with Crippen molar-refractivity contribution in [1.29, 1.82) is 0 Å². The fourth-order valence-electron chi connectivity index (χ4n) is 0.316. The molecule has 0 aliphatic heterocycles. The second kappa shape index (κ2) is 3.27. The van der Waals surface area contributed by atoms with Crippen molar-refractivity contribution in [2.24, 2.45) is 0 Å². The van der Waals surface area contributed by atoms with E-state index in [0.717, 1.165) is 0 Å². The van der Waals surface area contributed by atoms with Gasteiger partial charge in [0.25, 0.3) is 0 Å². The molecule has 6 heteroatoms. The van der Waals surface area contributed by atoms with Gasteiger partial charge in [0.2, 0.25) is 0 Å². The zero-order valence-corrected chi connectivity index (χ0v) is 6.80. The van der Waals surface area contributed by atoms with Gasteiger partial charge in [-0.1, -0.05) is 0 Å². The van der Waals surface area contributed by atoms with Crippen molar-refractivity contribution < 1.29 is 21.9 Å². The van der Waals surface area contributed by atoms with Gasteiger partial charge in [-0.3, -0.25) is 9.26 Å². The molecule has 0 unspecified atom stereocenters. The van der Waals surface area contributed by atoms with Crippen LogP contribution in [0.1, 0.15) is 20.8 Å². The second-order valence-corrected chi connectivity index (χ2v) is 3.65. The topological polar surface area (TPSA) is 63.6 Å². The van der Waals surface area contributed by atoms with E-state index in [9.17, 15) is 8.42 Å². The monoisotopic (exact) mass is 174 g/mol. The molecule has 0 atom stereocenters. The molecule has 0 aromatic carbocycles. The van der Waals surface area contributed by atoms with E-state index in [2.05, 4.69) is 4.18 Å². The molecule has 0 bridgehead atoms. The maximum atomic E-state index is 9.98. The number of halogens is 1. The maximum Gasteiger partial charge on any atom is 0.397 e. The highest BCUT2D eigenvalue weighted by molar-refractivity contribution is 7.80. The summed E-state index contributed by atoms with van der Waals surface area (Å²) in [5, 5.41) is 0. The van der Waals surface area contributed by atoms with Crippen molar-refractivity contribution in [2.75, 3.05) is 0 Å². The lowest BCUT2D eigenvalue weighted by Gasteiger charge is -2.14. The number of rotatable bonds is 1. The highest BCUT2D eigenvalue weighted by atomic mass is 32.3. The van der Waals surface area contributed by atoms with Crippen molar-refractivity contribution in [3.8, 4) is 0 Å². The van der Waals surface area contributed by atoms with Crippen molar-refractivity contribution >= 4 is 10.4 Å². The molecule has 0 aromatic rings. The van der Waals surface area contributed by atoms with E-state index in [1.807, 2.05) is 0 Å². The molecule has 0 aliphatic rings. The van der Waals surface area contributed by atoms with Gasteiger partial charge in [0, 0.05) is 0 Å². The van der Waals surface area contributed by atoms with Crippen LogP contribution in [-0.4, -0.2) is 18.6 Å². The first-order valence-electron chi connectivity index (χ1n) is 2.39. The normalized spacial score (nSPS) is 12.4. The van der Waals surface area contributed by atoms with Crippen molar-refractivity contribution in [1.82, 2.24) is 0 Å². The minimum absolute atomic E-state index is 0. The Morgan fingerprint density at radius 1 is 1.30 bits per heavy atom. The fourth-order valence-corrected chi connectivity index (χ4v) is 0.948. The molecule has 0 heterocycles. The maximum absolute atomic E-state index is 9.98. The minimum Gasteiger partial charge on any atom is -0.269 e. The van der Waals surface area contributed by atoms with E-state index in [1.165, 1.54) is 20.8 Å². The summed E-state index contributed by atoms with van der Waals surface area (Å²) in [4.78, 5) is 0. The van der Waals surface area contributed by atoms with Gasteiger partial charge in [0.05, 0.1) is 5.60 Å². The molecular weight excluding hydrogens is 163 g/mol. The van der Waals surface area contributed by atoms with Crippen LogP contribution in [0.25, 0.3) is 0 Å². The van der Waals surface area contributed by atoms with E-state index in [4.69, 9.17) is 4.55 Å². The largest absolute Gasteiger partial charge is 0.397 e. The fraction of sp³-hybridized carbons (Fsp3) is 1.00. The van der Waals surface area contributed by atoms with Crippen molar-refractivity contribution in [3.63, 3.8) is 0 Å². The van der Waals surface area contributed by atoms with Crippen LogP contribution in [0.4, 0.5) is 4.70 Å². The van der Waals surface area contributed by atoms with Crippen LogP contribution in [0.15, 0.2) is 0 Å². The van der Waals surface area contributed by atoms with Gasteiger partial charge >= 0.3 is 10.4 Å². The van der Waals surface area contributed by atoms with Crippen molar-refractivity contribution in [3.05, 3.63) is 0 Å². The minimum atomic E-state index is -4.28. The predicted octanol–water partition coefficient (Wildman–Crippen LogP) is 0.757. The standard InChI is InChI=1S/C4H10O4S.FH/c1-4(2,3)8-9(5,6)7;/h1-3H3,(H,5,6,7);1H. The Morgan fingerprint density at radius 3 is 1.60 bits per heavy atom. The first-order valence-corrected chi connectivity index (χ1v) is 3.75. The Bertz CT molecular complexity index is 178. The third-order valence-corrected chi connectivity index (χ3v) is 1.07. The van der Waals surface area contributed by atoms with E-state index in [-0.39, 0.29) is 4.70 Å². The summed E-state index contributed by atoms with van der Waals surface area (Å²) in [6.45, 7) is 4.59. The molecular formula is C4H11FO4S. The first kappa shape index (κ1) is 12.5. The molecule has 0 spiro atoms. The molecule has 0 rings (SSSR count). The molecule has 0 radical (unpaired) electrons. The summed E-state index contributed by atoms with van der Waals surface area (Å²) in [6, 6.07) is 0. The lowest BCUT2D eigenvalue weighted by molar-refractivity contribution is 0.119. The molecule has 4 nitrogen and oxygen atoms in total. The van der Waals surface area contributed by atoms with Gasteiger partial charge in [-0.05, 0) is 20.8 Å². The van der Waals surface area contributed by atoms with E-state index >= 15 is 0 Å². The van der Waals surface area contributed by atoms with E-state index < -0.39 is 16.0 Å². The highest BCUT2D eigenvalue weighted by Gasteiger charge is 2.18. The van der Waals surface area contributed by atoms with Gasteiger partial charge in [-0.2, -0.15) is 8.42 Å². The molecule has 0 fully saturated rings. The Labute approximate surface area is 59.5 Å². The van der Waals surface area contributed by atoms with Gasteiger partial charge in [-0.15, -0.1) is 0 Å². The summed E-state index contributed by atoms with van der Waals surface area (Å²) in [5.74, 6) is 0. The van der Waals surface area contributed by atoms with Crippen LogP contribution in [0.2, 0.25) is 0 Å². The SMILES string of the molecule is CC(C)(C)OS(=O)(=O)O.F. The molecule has 1 N–H and O–H groups in total. The summed E-state index contributed by atoms with van der Waals surface area (Å²) >= 11 is 0. The summed E-state index contributed by atoms with van der Waals surface area (Å²) in [6.07, 6.45) is 0. The molecule has 0 amide bonds. The predicted molar refractivity (Wildman–Crippen MR) is 34.9 cm³/mol. The van der Waals surface area contributed by atoms with E-state index in [0.29, 0.717) is 0 Å². The zero-order chi connectivity index (χ0) is 7.71. The number of hydrogen-bond acceptors (Lipinski definition) is 3. The van der Waals surface area contributed by atoms with Crippen LogP contribution in [0, 0.1) is 0 Å². The van der Waals surface area contributed by atoms with Gasteiger partial charge in [-0.25, -0.2) is 4.18 Å². The molecule has 0 saturated heterocycles. The van der Waals surface area contributed by atoms with Gasteiger partial charge in [0.15, 0.2) is 0 Å². The molecule has 10 heavy (non-hydrogen) atoms. The van der Waals surface area contributed by atoms with E-state index in [1.54, 1.807) is 0 Å². The molecule has 64 valence electrons. The third-order valence-electron chi connectivity index (χ3n) is 0.355. The Balaban J connectivity index is 0. The van der Waals surface area contributed by atoms with Gasteiger partial charge in [0.1, 0.15) is 0 Å². The summed E-state index contributed by atoms with van der Waals surface area (Å²) < 4.78 is 32.2. The molecule has 0 aromatic heterocycles. The van der Waals surface area contributed by atoms with Crippen LogP contribution in [0.3, 0.4) is 0 Å². The Morgan fingerprint density at radius 2 is 1.60 bits per heavy atom. The molecule has 0 saturated carbocycles. The Kier molecular flexibility index (Phi) is 4.08. The van der Waals surface area contributed by atoms with Gasteiger partial charge < -0.3 is 0 Å². The summed E-state index contributed by atoms with van der Waals surface area (Å²) in [7, 11) is -4.28. The lowest BCUT2D eigenvalue weighted by atomic mass is 10.2. The number of hydrogen-bond donors (Lipinski definition) is 1. The highest BCUT2D eigenvalue weighted by Crippen LogP contribution is 2.09. The van der Waals surface area contributed by atoms with Crippen LogP contribution < -0.4 is 0 Å². The first-order chi connectivity index (χ1) is 3.71. The van der Waals surface area contributed by atoms with Crippen LogP contribution >= 0.6 is 0 Å². The Hall–Kier alpha value is -0.200. The summed E-state index contributed by atoms with van der Waals surface area (Å²) in [5.41, 5.74) is -0.854. The van der Waals surface area contributed by atoms with Crippen LogP contribution in [0.5, 0.6) is 0 Å². The van der Waals surface area contributed by atoms with Crippen LogP contribution in [-0.2, 0) is 14.6 Å². The lowest BCUT2D eigenvalue weighted by Crippen LogP contribution is -2.23. The van der Waals surface area contributed by atoms with Crippen molar-refractivity contribution in [2.45, 2.75) is 26.4 Å². The third kappa shape index (κ3) is 10.7. The second-order valence-electron chi connectivity index (χ2n) is 2.62.